The van der Waals surface area contributed by atoms with E-state index >= 15 is 0 Å². The zero-order chi connectivity index (χ0) is 12.7. The van der Waals surface area contributed by atoms with Gasteiger partial charge in [-0.2, -0.15) is 15.0 Å². The highest BCUT2D eigenvalue weighted by Gasteiger charge is 2.00. The number of ether oxygens (including phenoxy) is 1. The maximum atomic E-state index is 5.44. The molecule has 0 aromatic carbocycles. The summed E-state index contributed by atoms with van der Waals surface area (Å²) in [6.45, 7) is 6.44. The second-order valence-corrected chi connectivity index (χ2v) is 4.12. The fraction of sp³-hybridized carbons (Fsp3) is 0.700. The van der Waals surface area contributed by atoms with Crippen molar-refractivity contribution < 1.29 is 4.74 Å². The molecule has 5 N–H and O–H groups in total. The van der Waals surface area contributed by atoms with E-state index in [9.17, 15) is 0 Å². The summed E-state index contributed by atoms with van der Waals surface area (Å²) in [5.74, 6) is 1.21. The fourth-order valence-electron chi connectivity index (χ4n) is 1.18. The number of hydrogen-bond acceptors (Lipinski definition) is 7. The van der Waals surface area contributed by atoms with Crippen molar-refractivity contribution in [2.45, 2.75) is 20.3 Å². The van der Waals surface area contributed by atoms with E-state index in [2.05, 4.69) is 34.1 Å². The van der Waals surface area contributed by atoms with Gasteiger partial charge in [0.15, 0.2) is 0 Å². The smallest absolute Gasteiger partial charge is 0.229 e. The SMILES string of the molecule is CC(C)COCCCNc1nc(N)nc(N)n1. The van der Waals surface area contributed by atoms with Crippen molar-refractivity contribution in [3.8, 4) is 0 Å². The minimum atomic E-state index is 0.121. The van der Waals surface area contributed by atoms with E-state index in [4.69, 9.17) is 16.2 Å². The molecule has 1 rings (SSSR count). The first-order valence-electron chi connectivity index (χ1n) is 5.66. The summed E-state index contributed by atoms with van der Waals surface area (Å²) < 4.78 is 5.44. The normalized spacial score (nSPS) is 10.8. The van der Waals surface area contributed by atoms with Crippen LogP contribution in [0.2, 0.25) is 0 Å². The summed E-state index contributed by atoms with van der Waals surface area (Å²) in [5.41, 5.74) is 10.9. The molecule has 1 aromatic rings. The largest absolute Gasteiger partial charge is 0.381 e. The van der Waals surface area contributed by atoms with Crippen LogP contribution < -0.4 is 16.8 Å². The van der Waals surface area contributed by atoms with Crippen LogP contribution in [0.1, 0.15) is 20.3 Å². The highest BCUT2D eigenvalue weighted by atomic mass is 16.5. The van der Waals surface area contributed by atoms with Gasteiger partial charge in [0.25, 0.3) is 0 Å². The molecule has 0 spiro atoms. The second-order valence-electron chi connectivity index (χ2n) is 4.12. The zero-order valence-corrected chi connectivity index (χ0v) is 10.3. The Morgan fingerprint density at radius 1 is 1.18 bits per heavy atom. The monoisotopic (exact) mass is 240 g/mol. The summed E-state index contributed by atoms with van der Waals surface area (Å²) in [6, 6.07) is 0. The fourth-order valence-corrected chi connectivity index (χ4v) is 1.18. The van der Waals surface area contributed by atoms with Crippen LogP contribution in [-0.2, 0) is 4.74 Å². The van der Waals surface area contributed by atoms with Gasteiger partial charge in [-0.05, 0) is 12.3 Å². The van der Waals surface area contributed by atoms with Gasteiger partial charge in [0.05, 0.1) is 0 Å². The van der Waals surface area contributed by atoms with E-state index in [1.165, 1.54) is 0 Å². The molecular weight excluding hydrogens is 220 g/mol. The van der Waals surface area contributed by atoms with E-state index < -0.39 is 0 Å². The summed E-state index contributed by atoms with van der Waals surface area (Å²) >= 11 is 0. The quantitative estimate of drug-likeness (QED) is 0.595. The van der Waals surface area contributed by atoms with E-state index in [0.717, 1.165) is 13.0 Å². The molecule has 0 amide bonds. The Bertz CT molecular complexity index is 323. The number of hydrogen-bond donors (Lipinski definition) is 3. The average Bonchev–Trinajstić information content (AvgIpc) is 2.21. The third-order valence-electron chi connectivity index (χ3n) is 1.87. The van der Waals surface area contributed by atoms with Crippen LogP contribution >= 0.6 is 0 Å². The molecule has 0 atom stereocenters. The van der Waals surface area contributed by atoms with Crippen LogP contribution in [0.3, 0.4) is 0 Å². The van der Waals surface area contributed by atoms with Gasteiger partial charge < -0.3 is 21.5 Å². The molecular formula is C10H20N6O. The number of aromatic nitrogens is 3. The molecule has 1 aromatic heterocycles. The lowest BCUT2D eigenvalue weighted by Gasteiger charge is -2.07. The first kappa shape index (κ1) is 13.4. The highest BCUT2D eigenvalue weighted by molar-refractivity contribution is 5.36. The van der Waals surface area contributed by atoms with Crippen molar-refractivity contribution in [2.75, 3.05) is 36.5 Å². The van der Waals surface area contributed by atoms with Crippen molar-refractivity contribution in [2.24, 2.45) is 5.92 Å². The lowest BCUT2D eigenvalue weighted by molar-refractivity contribution is 0.110. The molecule has 0 saturated heterocycles. The van der Waals surface area contributed by atoms with Gasteiger partial charge in [-0.3, -0.25) is 0 Å². The van der Waals surface area contributed by atoms with Crippen molar-refractivity contribution in [1.29, 1.82) is 0 Å². The molecule has 0 aliphatic heterocycles. The van der Waals surface area contributed by atoms with Crippen LogP contribution in [0, 0.1) is 5.92 Å². The predicted molar refractivity (Wildman–Crippen MR) is 67.4 cm³/mol. The van der Waals surface area contributed by atoms with Crippen molar-refractivity contribution >= 4 is 17.8 Å². The Labute approximate surface area is 101 Å². The van der Waals surface area contributed by atoms with Crippen LogP contribution in [0.5, 0.6) is 0 Å². The first-order valence-corrected chi connectivity index (χ1v) is 5.66. The minimum absolute atomic E-state index is 0.121. The van der Waals surface area contributed by atoms with E-state index in [0.29, 0.717) is 25.0 Å². The molecule has 17 heavy (non-hydrogen) atoms. The summed E-state index contributed by atoms with van der Waals surface area (Å²) in [7, 11) is 0. The molecule has 0 unspecified atom stereocenters. The van der Waals surface area contributed by atoms with E-state index in [-0.39, 0.29) is 11.9 Å². The van der Waals surface area contributed by atoms with Crippen LogP contribution in [0.25, 0.3) is 0 Å². The lowest BCUT2D eigenvalue weighted by Crippen LogP contribution is -2.12. The summed E-state index contributed by atoms with van der Waals surface area (Å²) in [6.07, 6.45) is 0.873. The van der Waals surface area contributed by atoms with Gasteiger partial charge in [0.1, 0.15) is 0 Å². The molecule has 0 aliphatic rings. The Morgan fingerprint density at radius 2 is 1.82 bits per heavy atom. The van der Waals surface area contributed by atoms with Crippen molar-refractivity contribution in [1.82, 2.24) is 15.0 Å². The van der Waals surface area contributed by atoms with Gasteiger partial charge in [-0.1, -0.05) is 13.8 Å². The van der Waals surface area contributed by atoms with Crippen molar-refractivity contribution in [3.05, 3.63) is 0 Å². The molecule has 7 heteroatoms. The summed E-state index contributed by atoms with van der Waals surface area (Å²) in [4.78, 5) is 11.5. The van der Waals surface area contributed by atoms with Gasteiger partial charge in [0, 0.05) is 19.8 Å². The second kappa shape index (κ2) is 6.85. The van der Waals surface area contributed by atoms with Crippen molar-refractivity contribution in [3.63, 3.8) is 0 Å². The maximum absolute atomic E-state index is 5.44. The van der Waals surface area contributed by atoms with Gasteiger partial charge >= 0.3 is 0 Å². The van der Waals surface area contributed by atoms with Crippen LogP contribution in [-0.4, -0.2) is 34.7 Å². The van der Waals surface area contributed by atoms with Gasteiger partial charge in [-0.25, -0.2) is 0 Å². The molecule has 96 valence electrons. The highest BCUT2D eigenvalue weighted by Crippen LogP contribution is 2.03. The number of nitrogens with one attached hydrogen (secondary N) is 1. The molecule has 7 nitrogen and oxygen atoms in total. The molecule has 0 aliphatic carbocycles. The van der Waals surface area contributed by atoms with E-state index in [1.807, 2.05) is 0 Å². The van der Waals surface area contributed by atoms with Gasteiger partial charge in [-0.15, -0.1) is 0 Å². The third-order valence-corrected chi connectivity index (χ3v) is 1.87. The van der Waals surface area contributed by atoms with Crippen LogP contribution in [0.15, 0.2) is 0 Å². The molecule has 0 saturated carbocycles. The molecule has 0 fully saturated rings. The number of nitrogen functional groups attached to an aromatic ring is 2. The number of nitrogens with zero attached hydrogens (tertiary/aromatic N) is 3. The Hall–Kier alpha value is -1.63. The molecule has 0 bridgehead atoms. The topological polar surface area (TPSA) is 112 Å². The zero-order valence-electron chi connectivity index (χ0n) is 10.3. The summed E-state index contributed by atoms with van der Waals surface area (Å²) in [5, 5.41) is 3.01. The van der Waals surface area contributed by atoms with Crippen LogP contribution in [0.4, 0.5) is 17.8 Å². The first-order chi connectivity index (χ1) is 8.08. The predicted octanol–water partition coefficient (Wildman–Crippen LogP) is 0.511. The number of anilines is 3. The molecule has 0 radical (unpaired) electrons. The van der Waals surface area contributed by atoms with E-state index in [1.54, 1.807) is 0 Å². The number of rotatable bonds is 7. The standard InChI is InChI=1S/C10H20N6O/c1-7(2)6-17-5-3-4-13-10-15-8(11)14-9(12)16-10/h7H,3-6H2,1-2H3,(H5,11,12,13,14,15,16). The average molecular weight is 240 g/mol. The lowest BCUT2D eigenvalue weighted by atomic mass is 10.2. The Morgan fingerprint density at radius 3 is 2.41 bits per heavy atom. The third kappa shape index (κ3) is 5.86. The van der Waals surface area contributed by atoms with Gasteiger partial charge in [0.2, 0.25) is 17.8 Å². The minimum Gasteiger partial charge on any atom is -0.381 e. The Kier molecular flexibility index (Phi) is 5.41. The maximum Gasteiger partial charge on any atom is 0.229 e. The number of nitrogens with two attached hydrogens (primary N) is 2. The molecule has 1 heterocycles. The Balaban J connectivity index is 2.18.